The van der Waals surface area contributed by atoms with Gasteiger partial charge in [0, 0.05) is 7.11 Å². The highest BCUT2D eigenvalue weighted by Gasteiger charge is 2.19. The molecule has 0 saturated carbocycles. The average Bonchev–Trinajstić information content (AvgIpc) is 2.81. The Kier molecular flexibility index (Phi) is 9.14. The van der Waals surface area contributed by atoms with Crippen molar-refractivity contribution >= 4 is 51.3 Å². The SMILES string of the molecule is COc1cc(/C=N\NC(=O)[C@@H](OC)c2ccccc2)cc(Br)c1OCc1ccc(Cl)c(Cl)c1. The van der Waals surface area contributed by atoms with Gasteiger partial charge in [0.15, 0.2) is 17.6 Å². The number of amides is 1. The van der Waals surface area contributed by atoms with Gasteiger partial charge in [-0.15, -0.1) is 0 Å². The van der Waals surface area contributed by atoms with Crippen LogP contribution < -0.4 is 14.9 Å². The molecule has 0 aliphatic carbocycles. The zero-order valence-corrected chi connectivity index (χ0v) is 20.9. The lowest BCUT2D eigenvalue weighted by Crippen LogP contribution is -2.26. The van der Waals surface area contributed by atoms with Crippen LogP contribution in [0.25, 0.3) is 0 Å². The number of hydrazone groups is 1. The lowest BCUT2D eigenvalue weighted by Gasteiger charge is -2.14. The number of ether oxygens (including phenoxy) is 3. The van der Waals surface area contributed by atoms with E-state index in [1.165, 1.54) is 13.3 Å². The van der Waals surface area contributed by atoms with Gasteiger partial charge in [-0.1, -0.05) is 59.6 Å². The van der Waals surface area contributed by atoms with Crippen molar-refractivity contribution < 1.29 is 19.0 Å². The third-order valence-corrected chi connectivity index (χ3v) is 5.91. The number of benzene rings is 3. The fraction of sp³-hybridized carbons (Fsp3) is 0.167. The van der Waals surface area contributed by atoms with Crippen molar-refractivity contribution in [2.24, 2.45) is 5.10 Å². The summed E-state index contributed by atoms with van der Waals surface area (Å²) in [6.07, 6.45) is 0.743. The Labute approximate surface area is 210 Å². The third kappa shape index (κ3) is 6.71. The van der Waals surface area contributed by atoms with Crippen LogP contribution in [0.2, 0.25) is 10.0 Å². The summed E-state index contributed by atoms with van der Waals surface area (Å²) in [5.74, 6) is 0.636. The fourth-order valence-corrected chi connectivity index (χ4v) is 3.89. The maximum absolute atomic E-state index is 12.5. The topological polar surface area (TPSA) is 69.2 Å². The van der Waals surface area contributed by atoms with E-state index >= 15 is 0 Å². The lowest BCUT2D eigenvalue weighted by atomic mass is 10.1. The number of hydrogen-bond donors (Lipinski definition) is 1. The van der Waals surface area contributed by atoms with E-state index < -0.39 is 6.10 Å². The van der Waals surface area contributed by atoms with E-state index in [1.54, 1.807) is 31.4 Å². The number of nitrogens with one attached hydrogen (secondary N) is 1. The number of carbonyl (C=O) groups is 1. The first-order valence-electron chi connectivity index (χ1n) is 9.77. The smallest absolute Gasteiger partial charge is 0.273 e. The highest BCUT2D eigenvalue weighted by molar-refractivity contribution is 9.10. The van der Waals surface area contributed by atoms with E-state index in [9.17, 15) is 4.79 Å². The molecule has 0 heterocycles. The molecule has 1 atom stereocenters. The summed E-state index contributed by atoms with van der Waals surface area (Å²) in [5, 5.41) is 4.99. The fourth-order valence-electron chi connectivity index (χ4n) is 2.99. The summed E-state index contributed by atoms with van der Waals surface area (Å²) in [4.78, 5) is 12.5. The van der Waals surface area contributed by atoms with Gasteiger partial charge in [-0.3, -0.25) is 4.79 Å². The Morgan fingerprint density at radius 3 is 2.52 bits per heavy atom. The van der Waals surface area contributed by atoms with Crippen LogP contribution >= 0.6 is 39.1 Å². The van der Waals surface area contributed by atoms with E-state index in [4.69, 9.17) is 37.4 Å². The molecule has 0 unspecified atom stereocenters. The standard InChI is InChI=1S/C24H21BrCl2N2O4/c1-31-21-12-16(13-28-29-24(30)22(32-2)17-6-4-3-5-7-17)10-18(25)23(21)33-14-15-8-9-19(26)20(27)11-15/h3-13,22H,14H2,1-2H3,(H,29,30)/b28-13-/t22-/m0/s1. The Morgan fingerprint density at radius 2 is 1.85 bits per heavy atom. The molecule has 3 aromatic rings. The van der Waals surface area contributed by atoms with Gasteiger partial charge in [-0.05, 0) is 56.9 Å². The summed E-state index contributed by atoms with van der Waals surface area (Å²) in [6.45, 7) is 0.271. The Hall–Kier alpha value is -2.58. The van der Waals surface area contributed by atoms with Crippen LogP contribution in [0.5, 0.6) is 11.5 Å². The minimum absolute atomic E-state index is 0.271. The summed E-state index contributed by atoms with van der Waals surface area (Å²) in [6, 6.07) is 18.0. The Bertz CT molecular complexity index is 1140. The third-order valence-electron chi connectivity index (χ3n) is 4.58. The molecule has 0 aromatic heterocycles. The molecule has 0 radical (unpaired) electrons. The minimum Gasteiger partial charge on any atom is -0.493 e. The van der Waals surface area contributed by atoms with Crippen LogP contribution in [0, 0.1) is 0 Å². The molecule has 0 aliphatic rings. The van der Waals surface area contributed by atoms with Gasteiger partial charge < -0.3 is 14.2 Å². The predicted octanol–water partition coefficient (Wildman–Crippen LogP) is 6.18. The predicted molar refractivity (Wildman–Crippen MR) is 133 cm³/mol. The molecule has 0 bridgehead atoms. The van der Waals surface area contributed by atoms with E-state index in [2.05, 4.69) is 26.5 Å². The summed E-state index contributed by atoms with van der Waals surface area (Å²) < 4.78 is 17.4. The van der Waals surface area contributed by atoms with Gasteiger partial charge in [0.05, 0.1) is 27.8 Å². The molecule has 3 aromatic carbocycles. The van der Waals surface area contributed by atoms with E-state index in [1.807, 2.05) is 36.4 Å². The molecule has 1 N–H and O–H groups in total. The number of methoxy groups -OCH3 is 2. The number of halogens is 3. The molecule has 6 nitrogen and oxygen atoms in total. The van der Waals surface area contributed by atoms with Crippen molar-refractivity contribution in [1.29, 1.82) is 0 Å². The van der Waals surface area contributed by atoms with Crippen molar-refractivity contribution in [2.45, 2.75) is 12.7 Å². The lowest BCUT2D eigenvalue weighted by molar-refractivity contribution is -0.131. The van der Waals surface area contributed by atoms with E-state index in [-0.39, 0.29) is 12.5 Å². The van der Waals surface area contributed by atoms with Crippen molar-refractivity contribution in [1.82, 2.24) is 5.43 Å². The molecule has 172 valence electrons. The molecule has 0 fully saturated rings. The summed E-state index contributed by atoms with van der Waals surface area (Å²) in [5.41, 5.74) is 4.79. The van der Waals surface area contributed by atoms with Crippen LogP contribution in [-0.4, -0.2) is 26.3 Å². The molecule has 9 heteroatoms. The zero-order valence-electron chi connectivity index (χ0n) is 17.8. The molecule has 1 amide bonds. The van der Waals surface area contributed by atoms with Gasteiger partial charge in [0.2, 0.25) is 0 Å². The van der Waals surface area contributed by atoms with E-state index in [0.29, 0.717) is 31.6 Å². The second-order valence-electron chi connectivity index (χ2n) is 6.83. The molecule has 3 rings (SSSR count). The maximum atomic E-state index is 12.5. The number of carbonyl (C=O) groups excluding carboxylic acids is 1. The molecule has 0 saturated heterocycles. The van der Waals surface area contributed by atoms with Crippen molar-refractivity contribution in [3.63, 3.8) is 0 Å². The molecule has 0 aliphatic heterocycles. The number of nitrogens with zero attached hydrogens (tertiary/aromatic N) is 1. The van der Waals surface area contributed by atoms with Crippen LogP contribution in [0.15, 0.2) is 70.2 Å². The van der Waals surface area contributed by atoms with Gasteiger partial charge in [0.1, 0.15) is 6.61 Å². The van der Waals surface area contributed by atoms with Crippen LogP contribution in [-0.2, 0) is 16.1 Å². The minimum atomic E-state index is -0.762. The number of rotatable bonds is 9. The van der Waals surface area contributed by atoms with Crippen LogP contribution in [0.4, 0.5) is 0 Å². The first-order chi connectivity index (χ1) is 15.9. The largest absolute Gasteiger partial charge is 0.493 e. The first kappa shape index (κ1) is 25.1. The number of hydrogen-bond acceptors (Lipinski definition) is 5. The molecular weight excluding hydrogens is 531 g/mol. The molecular formula is C24H21BrCl2N2O4. The van der Waals surface area contributed by atoms with Crippen molar-refractivity contribution in [3.05, 3.63) is 91.9 Å². The van der Waals surface area contributed by atoms with Gasteiger partial charge in [0.25, 0.3) is 5.91 Å². The second-order valence-corrected chi connectivity index (χ2v) is 8.50. The summed E-state index contributed by atoms with van der Waals surface area (Å²) in [7, 11) is 3.01. The summed E-state index contributed by atoms with van der Waals surface area (Å²) >= 11 is 15.5. The zero-order chi connectivity index (χ0) is 23.8. The first-order valence-corrected chi connectivity index (χ1v) is 11.3. The van der Waals surface area contributed by atoms with Crippen molar-refractivity contribution in [3.8, 4) is 11.5 Å². The average molecular weight is 552 g/mol. The van der Waals surface area contributed by atoms with Gasteiger partial charge >= 0.3 is 0 Å². The Balaban J connectivity index is 1.68. The molecule has 33 heavy (non-hydrogen) atoms. The highest BCUT2D eigenvalue weighted by atomic mass is 79.9. The Morgan fingerprint density at radius 1 is 1.09 bits per heavy atom. The maximum Gasteiger partial charge on any atom is 0.273 e. The monoisotopic (exact) mass is 550 g/mol. The quantitative estimate of drug-likeness (QED) is 0.254. The van der Waals surface area contributed by atoms with Gasteiger partial charge in [-0.2, -0.15) is 5.10 Å². The molecule has 0 spiro atoms. The van der Waals surface area contributed by atoms with Crippen LogP contribution in [0.3, 0.4) is 0 Å². The highest BCUT2D eigenvalue weighted by Crippen LogP contribution is 2.37. The van der Waals surface area contributed by atoms with E-state index in [0.717, 1.165) is 11.1 Å². The van der Waals surface area contributed by atoms with Gasteiger partial charge in [-0.25, -0.2) is 5.43 Å². The van der Waals surface area contributed by atoms with Crippen LogP contribution in [0.1, 0.15) is 22.8 Å². The van der Waals surface area contributed by atoms with Crippen molar-refractivity contribution in [2.75, 3.05) is 14.2 Å². The second kappa shape index (κ2) is 12.0. The normalized spacial score (nSPS) is 11.9.